The van der Waals surface area contributed by atoms with E-state index in [1.165, 1.54) is 10.5 Å². The van der Waals surface area contributed by atoms with Gasteiger partial charge in [-0.25, -0.2) is 0 Å². The fourth-order valence-electron chi connectivity index (χ4n) is 3.83. The third-order valence-corrected chi connectivity index (χ3v) is 5.66. The number of aryl methyl sites for hydroxylation is 2. The van der Waals surface area contributed by atoms with Gasteiger partial charge in [0.05, 0.1) is 23.5 Å². The quantitative estimate of drug-likeness (QED) is 0.582. The lowest BCUT2D eigenvalue weighted by molar-refractivity contribution is -0.120. The molecule has 0 saturated heterocycles. The third kappa shape index (κ3) is 4.78. The monoisotopic (exact) mass is 425 g/mol. The lowest BCUT2D eigenvalue weighted by atomic mass is 10.0. The molecule has 0 atom stereocenters. The van der Waals surface area contributed by atoms with Crippen molar-refractivity contribution in [3.05, 3.63) is 89.5 Å². The Morgan fingerprint density at radius 3 is 2.44 bits per heavy atom. The van der Waals surface area contributed by atoms with Crippen LogP contribution in [0.3, 0.4) is 0 Å². The molecule has 1 aliphatic rings. The van der Waals surface area contributed by atoms with Crippen molar-refractivity contribution >= 4 is 34.6 Å². The molecule has 0 spiro atoms. The first-order valence-electron chi connectivity index (χ1n) is 11.0. The summed E-state index contributed by atoms with van der Waals surface area (Å²) in [6.45, 7) is 4.12. The summed E-state index contributed by atoms with van der Waals surface area (Å²) in [6.07, 6.45) is 1.98. The number of hydrogen-bond donors (Lipinski definition) is 1. The molecule has 1 N–H and O–H groups in total. The van der Waals surface area contributed by atoms with Gasteiger partial charge in [0, 0.05) is 5.69 Å². The Balaban J connectivity index is 1.58. The van der Waals surface area contributed by atoms with E-state index in [1.807, 2.05) is 60.7 Å². The zero-order chi connectivity index (χ0) is 22.5. The molecular weight excluding hydrogens is 398 g/mol. The van der Waals surface area contributed by atoms with E-state index in [0.717, 1.165) is 29.7 Å². The molecule has 3 aromatic rings. The Kier molecular flexibility index (Phi) is 6.45. The first kappa shape index (κ1) is 21.5. The molecule has 0 bridgehead atoms. The van der Waals surface area contributed by atoms with Gasteiger partial charge in [-0.2, -0.15) is 0 Å². The van der Waals surface area contributed by atoms with Gasteiger partial charge in [-0.1, -0.05) is 62.4 Å². The molecule has 1 heterocycles. The number of fused-ring (bicyclic) bond motifs is 1. The largest absolute Gasteiger partial charge is 0.325 e. The van der Waals surface area contributed by atoms with Gasteiger partial charge in [-0.05, 0) is 53.8 Å². The van der Waals surface area contributed by atoms with Crippen LogP contribution in [0.5, 0.6) is 0 Å². The topological polar surface area (TPSA) is 61.8 Å². The molecule has 0 saturated carbocycles. The van der Waals surface area contributed by atoms with Crippen LogP contribution in [0.1, 0.15) is 37.0 Å². The van der Waals surface area contributed by atoms with Gasteiger partial charge in [0.1, 0.15) is 6.54 Å². The van der Waals surface area contributed by atoms with E-state index in [-0.39, 0.29) is 24.8 Å². The van der Waals surface area contributed by atoms with Crippen LogP contribution in [-0.2, 0) is 22.4 Å². The molecular formula is C27H27N3O2. The standard InChI is InChI=1S/C27H27N3O2/c1-3-19-12-14-21(15-13-19)24-17-27(32)30(25-11-6-5-10-23(25)29-24)18-26(31)28-22-9-7-8-20(4-2)16-22/h5-16H,3-4,17-18H2,1-2H3,(H,28,31). The first-order valence-corrected chi connectivity index (χ1v) is 11.0. The van der Waals surface area contributed by atoms with Crippen molar-refractivity contribution in [1.82, 2.24) is 0 Å². The lowest BCUT2D eigenvalue weighted by Gasteiger charge is -2.22. The number of nitrogens with one attached hydrogen (secondary N) is 1. The van der Waals surface area contributed by atoms with Crippen molar-refractivity contribution in [1.29, 1.82) is 0 Å². The van der Waals surface area contributed by atoms with Crippen molar-refractivity contribution in [2.75, 3.05) is 16.8 Å². The highest BCUT2D eigenvalue weighted by atomic mass is 16.2. The molecule has 4 rings (SSSR count). The zero-order valence-electron chi connectivity index (χ0n) is 18.5. The molecule has 5 nitrogen and oxygen atoms in total. The van der Waals surface area contributed by atoms with E-state index >= 15 is 0 Å². The molecule has 0 aromatic heterocycles. The number of amides is 2. The van der Waals surface area contributed by atoms with Crippen LogP contribution in [0.15, 0.2) is 77.8 Å². The van der Waals surface area contributed by atoms with E-state index in [9.17, 15) is 9.59 Å². The van der Waals surface area contributed by atoms with Gasteiger partial charge in [0.25, 0.3) is 0 Å². The number of anilines is 2. The molecule has 0 fully saturated rings. The van der Waals surface area contributed by atoms with Crippen LogP contribution in [0, 0.1) is 0 Å². The van der Waals surface area contributed by atoms with E-state index in [1.54, 1.807) is 0 Å². The van der Waals surface area contributed by atoms with Crippen molar-refractivity contribution in [2.24, 2.45) is 4.99 Å². The van der Waals surface area contributed by atoms with Crippen LogP contribution >= 0.6 is 0 Å². The lowest BCUT2D eigenvalue weighted by Crippen LogP contribution is -2.38. The molecule has 0 unspecified atom stereocenters. The number of benzene rings is 3. The molecule has 0 aliphatic carbocycles. The number of carbonyl (C=O) groups is 2. The van der Waals surface area contributed by atoms with Crippen LogP contribution in [-0.4, -0.2) is 24.1 Å². The Bertz CT molecular complexity index is 1170. The Labute approximate surface area is 188 Å². The summed E-state index contributed by atoms with van der Waals surface area (Å²) < 4.78 is 0. The van der Waals surface area contributed by atoms with Crippen LogP contribution in [0.4, 0.5) is 17.1 Å². The van der Waals surface area contributed by atoms with Gasteiger partial charge in [-0.15, -0.1) is 0 Å². The van der Waals surface area contributed by atoms with Gasteiger partial charge in [0.2, 0.25) is 11.8 Å². The van der Waals surface area contributed by atoms with E-state index in [4.69, 9.17) is 4.99 Å². The second-order valence-corrected chi connectivity index (χ2v) is 7.86. The highest BCUT2D eigenvalue weighted by Gasteiger charge is 2.26. The molecule has 162 valence electrons. The van der Waals surface area contributed by atoms with Crippen LogP contribution < -0.4 is 10.2 Å². The second-order valence-electron chi connectivity index (χ2n) is 7.86. The smallest absolute Gasteiger partial charge is 0.244 e. The molecule has 1 aliphatic heterocycles. The first-order chi connectivity index (χ1) is 15.6. The maximum Gasteiger partial charge on any atom is 0.244 e. The average Bonchev–Trinajstić information content (AvgIpc) is 2.95. The normalized spacial score (nSPS) is 13.2. The predicted octanol–water partition coefficient (Wildman–Crippen LogP) is 5.31. The highest BCUT2D eigenvalue weighted by Crippen LogP contribution is 2.33. The molecule has 5 heteroatoms. The van der Waals surface area contributed by atoms with E-state index in [0.29, 0.717) is 17.1 Å². The Morgan fingerprint density at radius 1 is 0.938 bits per heavy atom. The minimum Gasteiger partial charge on any atom is -0.325 e. The predicted molar refractivity (Wildman–Crippen MR) is 130 cm³/mol. The maximum atomic E-state index is 13.2. The maximum absolute atomic E-state index is 13.2. The van der Waals surface area contributed by atoms with Gasteiger partial charge < -0.3 is 10.2 Å². The number of carbonyl (C=O) groups excluding carboxylic acids is 2. The molecule has 32 heavy (non-hydrogen) atoms. The van der Waals surface area contributed by atoms with Crippen molar-refractivity contribution < 1.29 is 9.59 Å². The van der Waals surface area contributed by atoms with Crippen molar-refractivity contribution in [3.8, 4) is 0 Å². The second kappa shape index (κ2) is 9.60. The summed E-state index contributed by atoms with van der Waals surface area (Å²) in [7, 11) is 0. The number of aliphatic imine (C=N–C) groups is 1. The molecule has 3 aromatic carbocycles. The highest BCUT2D eigenvalue weighted by molar-refractivity contribution is 6.19. The van der Waals surface area contributed by atoms with Gasteiger partial charge in [-0.3, -0.25) is 14.6 Å². The summed E-state index contributed by atoms with van der Waals surface area (Å²) in [5.41, 5.74) is 6.09. The SMILES string of the molecule is CCc1ccc(C2=Nc3ccccc3N(CC(=O)Nc3cccc(CC)c3)C(=O)C2)cc1. The molecule has 2 amide bonds. The summed E-state index contributed by atoms with van der Waals surface area (Å²) in [5, 5.41) is 2.92. The summed E-state index contributed by atoms with van der Waals surface area (Å²) in [4.78, 5) is 32.4. The fraction of sp³-hybridized carbons (Fsp3) is 0.222. The number of para-hydroxylation sites is 2. The van der Waals surface area contributed by atoms with Crippen molar-refractivity contribution in [3.63, 3.8) is 0 Å². The third-order valence-electron chi connectivity index (χ3n) is 5.66. The summed E-state index contributed by atoms with van der Waals surface area (Å²) in [5.74, 6) is -0.386. The van der Waals surface area contributed by atoms with Crippen LogP contribution in [0.25, 0.3) is 0 Å². The van der Waals surface area contributed by atoms with E-state index in [2.05, 4.69) is 31.3 Å². The molecule has 0 radical (unpaired) electrons. The Morgan fingerprint density at radius 2 is 1.69 bits per heavy atom. The summed E-state index contributed by atoms with van der Waals surface area (Å²) >= 11 is 0. The fourth-order valence-corrected chi connectivity index (χ4v) is 3.83. The van der Waals surface area contributed by atoms with Gasteiger partial charge in [0.15, 0.2) is 0 Å². The minimum atomic E-state index is -0.239. The zero-order valence-corrected chi connectivity index (χ0v) is 18.5. The minimum absolute atomic E-state index is 0.0657. The van der Waals surface area contributed by atoms with E-state index < -0.39 is 0 Å². The summed E-state index contributed by atoms with van der Waals surface area (Å²) in [6, 6.07) is 23.4. The number of rotatable bonds is 6. The van der Waals surface area contributed by atoms with Crippen LogP contribution in [0.2, 0.25) is 0 Å². The number of hydrogen-bond acceptors (Lipinski definition) is 3. The average molecular weight is 426 g/mol. The van der Waals surface area contributed by atoms with Crippen molar-refractivity contribution in [2.45, 2.75) is 33.1 Å². The Hall–Kier alpha value is -3.73. The van der Waals surface area contributed by atoms with Gasteiger partial charge >= 0.3 is 0 Å². The number of nitrogens with zero attached hydrogens (tertiary/aromatic N) is 2.